The Morgan fingerprint density at radius 1 is 0.760 bits per heavy atom. The fraction of sp³-hybridized carbons (Fsp3) is 0.500. The van der Waals surface area contributed by atoms with Gasteiger partial charge in [0.05, 0.1) is 6.42 Å². The molecule has 264 valence electrons. The molecule has 3 aromatic carbocycles. The first-order valence-corrected chi connectivity index (χ1v) is 19.2. The average molecular weight is 691 g/mol. The standard InChI is InChI=1S/C44H55N4O.ClH/c1-43(2)28-38(45-23-10-5-11-24-45)22-27-48(43)31-34-18-20-37(21-19-34)42(49)46-32-41-39(35-14-6-3-7-15-35)29-44(33-46,47-25-12-13-26-47)30-40(41)36-16-8-4-9-17-36;/h3-4,6-9,14-22,27,39-41H,5,10-13,23-26,28-33H2,1-2H3;1H/q+1;/p-1. The zero-order chi connectivity index (χ0) is 33.4. The van der Waals surface area contributed by atoms with Gasteiger partial charge in [-0.2, -0.15) is 0 Å². The second-order valence-corrected chi connectivity index (χ2v) is 16.4. The Bertz CT molecular complexity index is 1620. The Morgan fingerprint density at radius 3 is 1.92 bits per heavy atom. The van der Waals surface area contributed by atoms with Crippen LogP contribution in [0.25, 0.3) is 0 Å². The van der Waals surface area contributed by atoms with Gasteiger partial charge in [-0.15, -0.1) is 0 Å². The first-order valence-electron chi connectivity index (χ1n) is 19.2. The molecule has 6 aliphatic rings. The Labute approximate surface area is 306 Å². The normalized spacial score (nSPS) is 28.0. The predicted octanol–water partition coefficient (Wildman–Crippen LogP) is 5.09. The van der Waals surface area contributed by atoms with Gasteiger partial charge in [0.25, 0.3) is 5.91 Å². The van der Waals surface area contributed by atoms with Gasteiger partial charge in [-0.1, -0.05) is 72.8 Å². The number of carbonyl (C=O) groups excluding carboxylic acids is 1. The number of rotatable bonds is 7. The number of allylic oxidation sites excluding steroid dienone is 1. The molecule has 3 aromatic rings. The number of amides is 1. The van der Waals surface area contributed by atoms with Crippen LogP contribution in [0.15, 0.2) is 96.7 Å². The molecule has 1 amide bonds. The van der Waals surface area contributed by atoms with Crippen molar-refractivity contribution in [1.29, 1.82) is 0 Å². The van der Waals surface area contributed by atoms with Crippen molar-refractivity contribution in [3.05, 3.63) is 119 Å². The van der Waals surface area contributed by atoms with Gasteiger partial charge < -0.3 is 22.2 Å². The minimum Gasteiger partial charge on any atom is -1.00 e. The van der Waals surface area contributed by atoms with Crippen LogP contribution in [-0.2, 0) is 6.54 Å². The SMILES string of the molecule is CC1(C)CC(N2CCCCC2)=CC=[N+]1Cc1ccc(C(=O)N2CC3C(c4ccccc4)CC(N4CCCC4)(CC3c3ccccc3)C2)cc1.[Cl-]. The summed E-state index contributed by atoms with van der Waals surface area (Å²) in [6.07, 6.45) is 14.5. The second kappa shape index (κ2) is 14.7. The van der Waals surface area contributed by atoms with Crippen molar-refractivity contribution in [2.24, 2.45) is 5.92 Å². The fourth-order valence-electron chi connectivity index (χ4n) is 10.2. The van der Waals surface area contributed by atoms with Crippen molar-refractivity contribution in [3.63, 3.8) is 0 Å². The lowest BCUT2D eigenvalue weighted by molar-refractivity contribution is -0.612. The van der Waals surface area contributed by atoms with Gasteiger partial charge in [0.2, 0.25) is 0 Å². The summed E-state index contributed by atoms with van der Waals surface area (Å²) >= 11 is 0. The van der Waals surface area contributed by atoms with Crippen LogP contribution in [0.2, 0.25) is 0 Å². The van der Waals surface area contributed by atoms with Gasteiger partial charge in [0.1, 0.15) is 0 Å². The minimum atomic E-state index is -0.0175. The number of benzene rings is 3. The third kappa shape index (κ3) is 6.93. The molecule has 2 bridgehead atoms. The van der Waals surface area contributed by atoms with Gasteiger partial charge >= 0.3 is 0 Å². The van der Waals surface area contributed by atoms with Crippen molar-refractivity contribution in [2.75, 3.05) is 39.3 Å². The molecule has 0 N–H and O–H groups in total. The topological polar surface area (TPSA) is 29.8 Å². The van der Waals surface area contributed by atoms with E-state index in [1.54, 1.807) is 0 Å². The highest BCUT2D eigenvalue weighted by Crippen LogP contribution is 2.55. The molecule has 5 nitrogen and oxygen atoms in total. The van der Waals surface area contributed by atoms with Gasteiger partial charge in [-0.25, -0.2) is 4.58 Å². The molecule has 0 aromatic heterocycles. The van der Waals surface area contributed by atoms with Crippen LogP contribution < -0.4 is 12.4 Å². The molecule has 2 unspecified atom stereocenters. The van der Waals surface area contributed by atoms with E-state index in [0.717, 1.165) is 57.5 Å². The molecule has 1 saturated carbocycles. The van der Waals surface area contributed by atoms with E-state index in [1.165, 1.54) is 67.6 Å². The Balaban J connectivity index is 0.00000392. The van der Waals surface area contributed by atoms with Gasteiger partial charge in [-0.3, -0.25) is 9.69 Å². The third-order valence-electron chi connectivity index (χ3n) is 12.8. The summed E-state index contributed by atoms with van der Waals surface area (Å²) in [5.41, 5.74) is 6.48. The van der Waals surface area contributed by atoms with Gasteiger partial charge in [0, 0.05) is 68.5 Å². The van der Waals surface area contributed by atoms with E-state index in [0.29, 0.717) is 17.8 Å². The van der Waals surface area contributed by atoms with Crippen LogP contribution >= 0.6 is 0 Å². The van der Waals surface area contributed by atoms with Crippen molar-refractivity contribution in [1.82, 2.24) is 14.7 Å². The molecule has 0 spiro atoms. The first-order chi connectivity index (χ1) is 23.9. The summed E-state index contributed by atoms with van der Waals surface area (Å²) < 4.78 is 2.48. The maximum Gasteiger partial charge on any atom is 0.253 e. The zero-order valence-corrected chi connectivity index (χ0v) is 30.9. The Hall–Kier alpha value is -3.41. The molecular weight excluding hydrogens is 636 g/mol. The number of likely N-dealkylation sites (tertiary alicyclic amines) is 2. The number of carbonyl (C=O) groups is 1. The largest absolute Gasteiger partial charge is 1.00 e. The highest BCUT2D eigenvalue weighted by molar-refractivity contribution is 5.94. The molecular formula is C44H55ClN4O. The van der Waals surface area contributed by atoms with Crippen LogP contribution in [0.3, 0.4) is 0 Å². The Morgan fingerprint density at radius 2 is 1.34 bits per heavy atom. The summed E-state index contributed by atoms with van der Waals surface area (Å²) in [4.78, 5) is 22.2. The van der Waals surface area contributed by atoms with Crippen LogP contribution in [-0.4, -0.2) is 81.7 Å². The van der Waals surface area contributed by atoms with E-state index in [9.17, 15) is 4.79 Å². The first kappa shape index (κ1) is 35.0. The second-order valence-electron chi connectivity index (χ2n) is 16.4. The van der Waals surface area contributed by atoms with Gasteiger partial charge in [0.15, 0.2) is 18.3 Å². The smallest absolute Gasteiger partial charge is 0.253 e. The molecule has 2 atom stereocenters. The monoisotopic (exact) mass is 690 g/mol. The number of piperidine rings is 1. The van der Waals surface area contributed by atoms with Crippen molar-refractivity contribution in [3.8, 4) is 0 Å². The summed E-state index contributed by atoms with van der Waals surface area (Å²) in [6, 6.07) is 31.0. The molecule has 1 aliphatic carbocycles. The maximum absolute atomic E-state index is 14.6. The van der Waals surface area contributed by atoms with Crippen molar-refractivity contribution < 1.29 is 21.8 Å². The molecule has 9 rings (SSSR count). The summed E-state index contributed by atoms with van der Waals surface area (Å²) in [6.45, 7) is 11.9. The van der Waals surface area contributed by atoms with E-state index >= 15 is 0 Å². The Kier molecular flexibility index (Phi) is 10.3. The number of halogens is 1. The quantitative estimate of drug-likeness (QED) is 0.324. The van der Waals surface area contributed by atoms with Crippen LogP contribution in [0.1, 0.15) is 104 Å². The molecule has 50 heavy (non-hydrogen) atoms. The average Bonchev–Trinajstić information content (AvgIpc) is 3.58. The van der Waals surface area contributed by atoms with Crippen LogP contribution in [0.4, 0.5) is 0 Å². The highest BCUT2D eigenvalue weighted by atomic mass is 35.5. The number of hydrogen-bond acceptors (Lipinski definition) is 3. The van der Waals surface area contributed by atoms with Crippen molar-refractivity contribution in [2.45, 2.75) is 94.7 Å². The predicted molar refractivity (Wildman–Crippen MR) is 199 cm³/mol. The van der Waals surface area contributed by atoms with Gasteiger partial charge in [-0.05, 0) is 99.0 Å². The number of hydrogen-bond donors (Lipinski definition) is 0. The van der Waals surface area contributed by atoms with E-state index in [1.807, 2.05) is 0 Å². The maximum atomic E-state index is 14.6. The summed E-state index contributed by atoms with van der Waals surface area (Å²) in [7, 11) is 0. The fourth-order valence-corrected chi connectivity index (χ4v) is 10.2. The molecule has 5 fully saturated rings. The molecule has 6 heteroatoms. The summed E-state index contributed by atoms with van der Waals surface area (Å²) in [5.74, 6) is 1.43. The molecule has 5 aliphatic heterocycles. The number of fused-ring (bicyclic) bond motifs is 4. The van der Waals surface area contributed by atoms with E-state index in [-0.39, 0.29) is 29.4 Å². The lowest BCUT2D eigenvalue weighted by Crippen LogP contribution is -3.00. The van der Waals surface area contributed by atoms with Crippen LogP contribution in [0.5, 0.6) is 0 Å². The molecule has 5 heterocycles. The summed E-state index contributed by atoms with van der Waals surface area (Å²) in [5, 5.41) is 0. The van der Waals surface area contributed by atoms with Crippen molar-refractivity contribution >= 4 is 12.1 Å². The highest BCUT2D eigenvalue weighted by Gasteiger charge is 2.54. The lowest BCUT2D eigenvalue weighted by Gasteiger charge is -2.50. The molecule has 0 radical (unpaired) electrons. The third-order valence-corrected chi connectivity index (χ3v) is 12.8. The molecule has 4 saturated heterocycles. The van der Waals surface area contributed by atoms with E-state index < -0.39 is 0 Å². The zero-order valence-electron chi connectivity index (χ0n) is 30.2. The number of nitrogens with zero attached hydrogens (tertiary/aromatic N) is 4. The van der Waals surface area contributed by atoms with Crippen LogP contribution in [0, 0.1) is 5.92 Å². The van der Waals surface area contributed by atoms with E-state index in [2.05, 4.69) is 130 Å². The lowest BCUT2D eigenvalue weighted by atomic mass is 9.61. The minimum absolute atomic E-state index is 0. The van der Waals surface area contributed by atoms with E-state index in [4.69, 9.17) is 0 Å².